The molecule has 0 radical (unpaired) electrons. The van der Waals surface area contributed by atoms with Crippen molar-refractivity contribution in [3.05, 3.63) is 68.5 Å². The molecule has 2 atom stereocenters. The second kappa shape index (κ2) is 13.6. The van der Waals surface area contributed by atoms with Crippen LogP contribution in [0.15, 0.2) is 57.3 Å². The average Bonchev–Trinajstić information content (AvgIpc) is 2.96. The number of dihydropyridines is 1. The summed E-state index contributed by atoms with van der Waals surface area (Å²) in [5, 5.41) is 14.0. The summed E-state index contributed by atoms with van der Waals surface area (Å²) in [6, 6.07) is 9.08. The second-order valence-corrected chi connectivity index (χ2v) is 11.3. The van der Waals surface area contributed by atoms with Crippen LogP contribution >= 0.6 is 15.9 Å². The maximum atomic E-state index is 14.0. The molecule has 4 rings (SSSR count). The van der Waals surface area contributed by atoms with E-state index in [1.807, 2.05) is 39.0 Å². The molecular weight excluding hydrogens is 606 g/mol. The van der Waals surface area contributed by atoms with Gasteiger partial charge in [-0.3, -0.25) is 4.79 Å². The standard InChI is InChI=1S/C32H38BrNO8/c1-7-40-27-16-21(12-22(33)31(27)36)29-28(32(37)42-11-10-41-17(2)3)18(4)34-23-13-20(14-24(35)30(23)29)19-8-9-25(38-5)26(15-19)39-6/h8-9,12,15-17,20,29,34,36H,7,10-11,13-14H2,1-6H3/t20-,29+/m1/s1. The Morgan fingerprint density at radius 2 is 1.76 bits per heavy atom. The summed E-state index contributed by atoms with van der Waals surface area (Å²) in [6.07, 6.45) is 0.798. The summed E-state index contributed by atoms with van der Waals surface area (Å²) in [5.41, 5.74) is 3.75. The SMILES string of the molecule is CCOc1cc([C@H]2C(C(=O)OCCOC(C)C)=C(C)NC3=C2C(=O)C[C@H](c2ccc(OC)c(OC)c2)C3)cc(Br)c1O. The molecule has 226 valence electrons. The minimum absolute atomic E-state index is 0.00581. The molecule has 1 aliphatic carbocycles. The Labute approximate surface area is 254 Å². The largest absolute Gasteiger partial charge is 0.503 e. The predicted octanol–water partition coefficient (Wildman–Crippen LogP) is 5.90. The van der Waals surface area contributed by atoms with E-state index in [1.54, 1.807) is 33.3 Å². The van der Waals surface area contributed by atoms with Gasteiger partial charge in [0.1, 0.15) is 6.61 Å². The number of hydrogen-bond donors (Lipinski definition) is 2. The van der Waals surface area contributed by atoms with Crippen LogP contribution in [0.2, 0.25) is 0 Å². The smallest absolute Gasteiger partial charge is 0.336 e. The van der Waals surface area contributed by atoms with Gasteiger partial charge in [-0.15, -0.1) is 0 Å². The van der Waals surface area contributed by atoms with Gasteiger partial charge in [0.25, 0.3) is 0 Å². The van der Waals surface area contributed by atoms with Gasteiger partial charge < -0.3 is 34.1 Å². The van der Waals surface area contributed by atoms with Gasteiger partial charge in [-0.2, -0.15) is 0 Å². The fourth-order valence-corrected chi connectivity index (χ4v) is 5.97. The molecule has 1 aliphatic heterocycles. The van der Waals surface area contributed by atoms with Gasteiger partial charge in [0.15, 0.2) is 28.8 Å². The summed E-state index contributed by atoms with van der Waals surface area (Å²) in [4.78, 5) is 27.6. The Morgan fingerprint density at radius 3 is 2.43 bits per heavy atom. The molecule has 0 unspecified atom stereocenters. The van der Waals surface area contributed by atoms with Crippen molar-refractivity contribution in [2.45, 2.75) is 58.5 Å². The van der Waals surface area contributed by atoms with Gasteiger partial charge in [-0.05, 0) is 91.4 Å². The maximum absolute atomic E-state index is 14.0. The van der Waals surface area contributed by atoms with Crippen LogP contribution in [0.4, 0.5) is 0 Å². The molecule has 9 nitrogen and oxygen atoms in total. The first-order valence-corrected chi connectivity index (χ1v) is 14.8. The second-order valence-electron chi connectivity index (χ2n) is 10.5. The highest BCUT2D eigenvalue weighted by molar-refractivity contribution is 9.10. The van der Waals surface area contributed by atoms with Crippen molar-refractivity contribution < 1.29 is 38.4 Å². The van der Waals surface area contributed by atoms with Gasteiger partial charge in [0, 0.05) is 29.3 Å². The number of aromatic hydroxyl groups is 1. The van der Waals surface area contributed by atoms with E-state index in [0.717, 1.165) is 11.3 Å². The zero-order valence-corrected chi connectivity index (χ0v) is 26.4. The number of nitrogens with one attached hydrogen (secondary N) is 1. The molecule has 0 saturated carbocycles. The highest BCUT2D eigenvalue weighted by Gasteiger charge is 2.42. The normalized spacial score (nSPS) is 18.5. The van der Waals surface area contributed by atoms with Gasteiger partial charge in [0.2, 0.25) is 0 Å². The van der Waals surface area contributed by atoms with E-state index in [-0.39, 0.29) is 48.9 Å². The number of rotatable bonds is 11. The first-order chi connectivity index (χ1) is 20.1. The van der Waals surface area contributed by atoms with Crippen LogP contribution in [0, 0.1) is 0 Å². The average molecular weight is 645 g/mol. The molecule has 2 aromatic carbocycles. The molecule has 0 spiro atoms. The van der Waals surface area contributed by atoms with Crippen molar-refractivity contribution in [1.29, 1.82) is 0 Å². The summed E-state index contributed by atoms with van der Waals surface area (Å²) in [5.74, 6) is -0.0522. The Balaban J connectivity index is 1.77. The molecule has 10 heteroatoms. The van der Waals surface area contributed by atoms with Crippen molar-refractivity contribution in [2.75, 3.05) is 34.0 Å². The molecule has 1 heterocycles. The fourth-order valence-electron chi connectivity index (χ4n) is 5.51. The Bertz CT molecular complexity index is 1410. The maximum Gasteiger partial charge on any atom is 0.336 e. The molecule has 0 aromatic heterocycles. The molecule has 2 aromatic rings. The predicted molar refractivity (Wildman–Crippen MR) is 161 cm³/mol. The number of esters is 1. The Morgan fingerprint density at radius 1 is 1.05 bits per heavy atom. The van der Waals surface area contributed by atoms with Crippen molar-refractivity contribution >= 4 is 27.7 Å². The zero-order chi connectivity index (χ0) is 30.6. The van der Waals surface area contributed by atoms with Crippen LogP contribution < -0.4 is 19.5 Å². The number of carbonyl (C=O) groups excluding carboxylic acids is 2. The van der Waals surface area contributed by atoms with Crippen molar-refractivity contribution in [3.63, 3.8) is 0 Å². The zero-order valence-electron chi connectivity index (χ0n) is 24.8. The Kier molecular flexibility index (Phi) is 10.2. The summed E-state index contributed by atoms with van der Waals surface area (Å²) in [7, 11) is 3.16. The first kappa shape index (κ1) is 31.4. The van der Waals surface area contributed by atoms with Crippen molar-refractivity contribution in [1.82, 2.24) is 5.32 Å². The van der Waals surface area contributed by atoms with Crippen LogP contribution in [-0.4, -0.2) is 57.0 Å². The van der Waals surface area contributed by atoms with Crippen LogP contribution in [0.25, 0.3) is 0 Å². The number of hydrogen-bond acceptors (Lipinski definition) is 9. The monoisotopic (exact) mass is 643 g/mol. The van der Waals surface area contributed by atoms with E-state index in [9.17, 15) is 14.7 Å². The molecule has 2 aliphatic rings. The van der Waals surface area contributed by atoms with Crippen LogP contribution in [0.1, 0.15) is 63.5 Å². The van der Waals surface area contributed by atoms with E-state index >= 15 is 0 Å². The molecule has 0 saturated heterocycles. The van der Waals surface area contributed by atoms with Crippen LogP contribution in [0.5, 0.6) is 23.0 Å². The lowest BCUT2D eigenvalue weighted by molar-refractivity contribution is -0.141. The number of carbonyl (C=O) groups is 2. The third kappa shape index (κ3) is 6.60. The van der Waals surface area contributed by atoms with E-state index < -0.39 is 11.9 Å². The highest BCUT2D eigenvalue weighted by atomic mass is 79.9. The third-order valence-electron chi connectivity index (χ3n) is 7.38. The van der Waals surface area contributed by atoms with Crippen LogP contribution in [0.3, 0.4) is 0 Å². The van der Waals surface area contributed by atoms with Crippen LogP contribution in [-0.2, 0) is 19.1 Å². The number of phenolic OH excluding ortho intramolecular Hbond substituents is 1. The van der Waals surface area contributed by atoms with E-state index in [2.05, 4.69) is 21.2 Å². The number of methoxy groups -OCH3 is 2. The molecule has 0 fully saturated rings. The van der Waals surface area contributed by atoms with Gasteiger partial charge >= 0.3 is 5.97 Å². The number of phenols is 1. The minimum atomic E-state index is -0.727. The lowest BCUT2D eigenvalue weighted by Crippen LogP contribution is -2.36. The lowest BCUT2D eigenvalue weighted by Gasteiger charge is -2.37. The summed E-state index contributed by atoms with van der Waals surface area (Å²) >= 11 is 3.42. The summed E-state index contributed by atoms with van der Waals surface area (Å²) < 4.78 is 28.1. The molecular formula is C32H38BrNO8. The third-order valence-corrected chi connectivity index (χ3v) is 7.98. The van der Waals surface area contributed by atoms with E-state index in [1.165, 1.54) is 0 Å². The van der Waals surface area contributed by atoms with E-state index in [0.29, 0.717) is 51.4 Å². The van der Waals surface area contributed by atoms with Gasteiger partial charge in [0.05, 0.1) is 43.6 Å². The number of ether oxygens (including phenoxy) is 5. The number of ketones is 1. The molecule has 0 bridgehead atoms. The topological polar surface area (TPSA) is 113 Å². The fraction of sp³-hybridized carbons (Fsp3) is 0.438. The Hall–Kier alpha value is -3.50. The molecule has 2 N–H and O–H groups in total. The number of allylic oxidation sites excluding steroid dienone is 3. The molecule has 42 heavy (non-hydrogen) atoms. The highest BCUT2D eigenvalue weighted by Crippen LogP contribution is 2.48. The number of Topliss-reactive ketones (excluding diaryl/α,β-unsaturated/α-hetero) is 1. The van der Waals surface area contributed by atoms with E-state index in [4.69, 9.17) is 23.7 Å². The summed E-state index contributed by atoms with van der Waals surface area (Å²) in [6.45, 7) is 8.10. The minimum Gasteiger partial charge on any atom is -0.503 e. The van der Waals surface area contributed by atoms with Gasteiger partial charge in [-0.25, -0.2) is 4.79 Å². The van der Waals surface area contributed by atoms with Gasteiger partial charge in [-0.1, -0.05) is 6.07 Å². The number of benzene rings is 2. The number of halogens is 1. The lowest BCUT2D eigenvalue weighted by atomic mass is 9.71. The quantitative estimate of drug-likeness (QED) is 0.228. The van der Waals surface area contributed by atoms with Crippen molar-refractivity contribution in [3.8, 4) is 23.0 Å². The van der Waals surface area contributed by atoms with Crippen molar-refractivity contribution in [2.24, 2.45) is 0 Å². The first-order valence-electron chi connectivity index (χ1n) is 14.0. The molecule has 0 amide bonds.